The molecule has 0 radical (unpaired) electrons. The number of aryl methyl sites for hydroxylation is 1. The van der Waals surface area contributed by atoms with Gasteiger partial charge in [-0.1, -0.05) is 6.07 Å². The highest BCUT2D eigenvalue weighted by molar-refractivity contribution is 5.94. The summed E-state index contributed by atoms with van der Waals surface area (Å²) in [6.07, 6.45) is 0.834. The zero-order chi connectivity index (χ0) is 19.4. The van der Waals surface area contributed by atoms with E-state index < -0.39 is 0 Å². The summed E-state index contributed by atoms with van der Waals surface area (Å²) < 4.78 is 1.90. The number of hydrogen-bond donors (Lipinski definition) is 1. The molecule has 0 atom stereocenters. The molecular formula is C19H22N6O2. The first-order valence-electron chi connectivity index (χ1n) is 8.78. The van der Waals surface area contributed by atoms with E-state index >= 15 is 0 Å². The topological polar surface area (TPSA) is 94.3 Å². The molecule has 1 aromatic carbocycles. The fourth-order valence-corrected chi connectivity index (χ4v) is 3.06. The van der Waals surface area contributed by atoms with E-state index in [0.29, 0.717) is 24.2 Å². The second kappa shape index (κ2) is 7.91. The van der Waals surface area contributed by atoms with Gasteiger partial charge in [0.15, 0.2) is 0 Å². The zero-order valence-electron chi connectivity index (χ0n) is 15.5. The molecule has 1 aromatic heterocycles. The minimum atomic E-state index is -0.250. The van der Waals surface area contributed by atoms with Gasteiger partial charge in [0.1, 0.15) is 0 Å². The van der Waals surface area contributed by atoms with Gasteiger partial charge in [0.05, 0.1) is 36.1 Å². The smallest absolute Gasteiger partial charge is 0.319 e. The SMILES string of the molecule is CN(C)C(=O)N1CCCn2nc(CNC(=O)c3cccc(C#N)c3)cc2C1. The van der Waals surface area contributed by atoms with E-state index in [1.54, 1.807) is 48.2 Å². The summed E-state index contributed by atoms with van der Waals surface area (Å²) in [5.41, 5.74) is 2.59. The largest absolute Gasteiger partial charge is 0.346 e. The lowest BCUT2D eigenvalue weighted by Gasteiger charge is -2.23. The zero-order valence-corrected chi connectivity index (χ0v) is 15.5. The second-order valence-electron chi connectivity index (χ2n) is 6.68. The van der Waals surface area contributed by atoms with Crippen LogP contribution in [0.3, 0.4) is 0 Å². The normalized spacial score (nSPS) is 13.3. The molecule has 0 unspecified atom stereocenters. The van der Waals surface area contributed by atoms with Crippen molar-refractivity contribution >= 4 is 11.9 Å². The van der Waals surface area contributed by atoms with Crippen LogP contribution in [0.25, 0.3) is 0 Å². The van der Waals surface area contributed by atoms with Crippen molar-refractivity contribution < 1.29 is 9.59 Å². The third-order valence-electron chi connectivity index (χ3n) is 4.40. The summed E-state index contributed by atoms with van der Waals surface area (Å²) in [7, 11) is 3.49. The lowest BCUT2D eigenvalue weighted by Crippen LogP contribution is -2.38. The third-order valence-corrected chi connectivity index (χ3v) is 4.40. The van der Waals surface area contributed by atoms with Gasteiger partial charge in [-0.25, -0.2) is 4.79 Å². The molecule has 2 aromatic rings. The Balaban J connectivity index is 1.66. The van der Waals surface area contributed by atoms with E-state index in [9.17, 15) is 9.59 Å². The van der Waals surface area contributed by atoms with Gasteiger partial charge < -0.3 is 15.1 Å². The molecule has 8 heteroatoms. The first kappa shape index (κ1) is 18.5. The standard InChI is InChI=1S/C19H22N6O2/c1-23(2)19(27)24-7-4-8-25-17(13-24)10-16(22-25)12-21-18(26)15-6-3-5-14(9-15)11-20/h3,5-6,9-10H,4,7-8,12-13H2,1-2H3,(H,21,26). The van der Waals surface area contributed by atoms with Crippen LogP contribution < -0.4 is 5.32 Å². The fourth-order valence-electron chi connectivity index (χ4n) is 3.06. The average Bonchev–Trinajstić information content (AvgIpc) is 2.95. The highest BCUT2D eigenvalue weighted by atomic mass is 16.2. The molecule has 2 heterocycles. The van der Waals surface area contributed by atoms with Gasteiger partial charge in [-0.3, -0.25) is 9.48 Å². The Bertz CT molecular complexity index is 896. The maximum absolute atomic E-state index is 12.3. The minimum absolute atomic E-state index is 0.0168. The van der Waals surface area contributed by atoms with Gasteiger partial charge in [-0.15, -0.1) is 0 Å². The van der Waals surface area contributed by atoms with Crippen molar-refractivity contribution in [3.05, 3.63) is 52.8 Å². The maximum Gasteiger partial charge on any atom is 0.319 e. The number of amides is 3. The van der Waals surface area contributed by atoms with Crippen LogP contribution in [0.5, 0.6) is 0 Å². The van der Waals surface area contributed by atoms with E-state index in [0.717, 1.165) is 24.4 Å². The lowest BCUT2D eigenvalue weighted by molar-refractivity contribution is 0.0950. The van der Waals surface area contributed by atoms with Crippen molar-refractivity contribution in [3.8, 4) is 6.07 Å². The molecule has 3 amide bonds. The number of aromatic nitrogens is 2. The van der Waals surface area contributed by atoms with Crippen molar-refractivity contribution in [3.63, 3.8) is 0 Å². The quantitative estimate of drug-likeness (QED) is 0.892. The summed E-state index contributed by atoms with van der Waals surface area (Å²) >= 11 is 0. The van der Waals surface area contributed by atoms with Gasteiger partial charge in [-0.05, 0) is 30.7 Å². The maximum atomic E-state index is 12.3. The van der Waals surface area contributed by atoms with Crippen LogP contribution >= 0.6 is 0 Å². The van der Waals surface area contributed by atoms with E-state index in [4.69, 9.17) is 5.26 Å². The molecule has 8 nitrogen and oxygen atoms in total. The van der Waals surface area contributed by atoms with Crippen LogP contribution in [0.4, 0.5) is 4.79 Å². The molecule has 3 rings (SSSR count). The Hall–Kier alpha value is -3.34. The highest BCUT2D eigenvalue weighted by Crippen LogP contribution is 2.15. The Kier molecular flexibility index (Phi) is 5.41. The predicted octanol–water partition coefficient (Wildman–Crippen LogP) is 1.57. The third kappa shape index (κ3) is 4.26. The van der Waals surface area contributed by atoms with Crippen LogP contribution in [-0.4, -0.2) is 52.2 Å². The number of benzene rings is 1. The number of carbonyl (C=O) groups is 2. The number of urea groups is 1. The van der Waals surface area contributed by atoms with Crippen molar-refractivity contribution in [1.82, 2.24) is 24.9 Å². The molecule has 140 valence electrons. The van der Waals surface area contributed by atoms with E-state index in [2.05, 4.69) is 10.4 Å². The monoisotopic (exact) mass is 366 g/mol. The van der Waals surface area contributed by atoms with Crippen molar-refractivity contribution in [2.75, 3.05) is 20.6 Å². The van der Waals surface area contributed by atoms with Gasteiger partial charge in [0, 0.05) is 32.7 Å². The van der Waals surface area contributed by atoms with Crippen LogP contribution in [0.2, 0.25) is 0 Å². The number of nitrogens with zero attached hydrogens (tertiary/aromatic N) is 5. The number of carbonyl (C=O) groups excluding carboxylic acids is 2. The molecule has 0 bridgehead atoms. The van der Waals surface area contributed by atoms with Gasteiger partial charge in [0.25, 0.3) is 5.91 Å². The Morgan fingerprint density at radius 2 is 2.11 bits per heavy atom. The number of hydrogen-bond acceptors (Lipinski definition) is 4. The van der Waals surface area contributed by atoms with Crippen LogP contribution in [0.15, 0.2) is 30.3 Å². The fraction of sp³-hybridized carbons (Fsp3) is 0.368. The molecule has 0 fully saturated rings. The molecule has 0 saturated carbocycles. The minimum Gasteiger partial charge on any atom is -0.346 e. The highest BCUT2D eigenvalue weighted by Gasteiger charge is 2.21. The average molecular weight is 366 g/mol. The predicted molar refractivity (Wildman–Crippen MR) is 98.7 cm³/mol. The second-order valence-corrected chi connectivity index (χ2v) is 6.68. The molecular weight excluding hydrogens is 344 g/mol. The molecule has 27 heavy (non-hydrogen) atoms. The molecule has 0 aliphatic carbocycles. The molecule has 0 spiro atoms. The molecule has 1 N–H and O–H groups in total. The Morgan fingerprint density at radius 1 is 1.30 bits per heavy atom. The van der Waals surface area contributed by atoms with Gasteiger partial charge in [-0.2, -0.15) is 10.4 Å². The lowest BCUT2D eigenvalue weighted by atomic mass is 10.1. The van der Waals surface area contributed by atoms with Crippen LogP contribution in [0.1, 0.15) is 33.7 Å². The van der Waals surface area contributed by atoms with E-state index in [1.807, 2.05) is 16.8 Å². The van der Waals surface area contributed by atoms with E-state index in [1.165, 1.54) is 0 Å². The Morgan fingerprint density at radius 3 is 2.85 bits per heavy atom. The molecule has 1 aliphatic heterocycles. The summed E-state index contributed by atoms with van der Waals surface area (Å²) in [6, 6.07) is 10.5. The number of fused-ring (bicyclic) bond motifs is 1. The summed E-state index contributed by atoms with van der Waals surface area (Å²) in [5.74, 6) is -0.250. The molecule has 0 saturated heterocycles. The Labute approximate surface area is 158 Å². The first-order chi connectivity index (χ1) is 13.0. The number of rotatable bonds is 3. The van der Waals surface area contributed by atoms with Crippen molar-refractivity contribution in [2.24, 2.45) is 0 Å². The van der Waals surface area contributed by atoms with Crippen molar-refractivity contribution in [2.45, 2.75) is 26.1 Å². The summed E-state index contributed by atoms with van der Waals surface area (Å²) in [4.78, 5) is 27.9. The van der Waals surface area contributed by atoms with Crippen LogP contribution in [-0.2, 0) is 19.6 Å². The first-order valence-corrected chi connectivity index (χ1v) is 8.78. The van der Waals surface area contributed by atoms with Gasteiger partial charge in [0.2, 0.25) is 0 Å². The summed E-state index contributed by atoms with van der Waals surface area (Å²) in [5, 5.41) is 16.3. The molecule has 1 aliphatic rings. The van der Waals surface area contributed by atoms with Gasteiger partial charge >= 0.3 is 6.03 Å². The number of nitrogens with one attached hydrogen (secondary N) is 1. The van der Waals surface area contributed by atoms with E-state index in [-0.39, 0.29) is 18.5 Å². The van der Waals surface area contributed by atoms with Crippen molar-refractivity contribution in [1.29, 1.82) is 5.26 Å². The van der Waals surface area contributed by atoms with Crippen LogP contribution in [0, 0.1) is 11.3 Å². The number of nitriles is 1. The summed E-state index contributed by atoms with van der Waals surface area (Å²) in [6.45, 7) is 2.23.